The highest BCUT2D eigenvalue weighted by molar-refractivity contribution is 6.30. The van der Waals surface area contributed by atoms with Crippen LogP contribution in [0.5, 0.6) is 0 Å². The first kappa shape index (κ1) is 21.8. The number of halogens is 3. The first-order chi connectivity index (χ1) is 11.2. The number of carbonyl (C=O) groups is 1. The smallest absolute Gasteiger partial charge is 0.223 e. The van der Waals surface area contributed by atoms with Crippen LogP contribution in [0.1, 0.15) is 18.7 Å². The molecule has 0 aliphatic carbocycles. The Balaban J connectivity index is 0.00000156. The predicted octanol–water partition coefficient (Wildman–Crippen LogP) is 3.58. The number of hydrogen-bond donors (Lipinski definition) is 1. The van der Waals surface area contributed by atoms with E-state index in [1.807, 2.05) is 29.2 Å². The highest BCUT2D eigenvalue weighted by Gasteiger charge is 2.25. The highest BCUT2D eigenvalue weighted by atomic mass is 35.5. The summed E-state index contributed by atoms with van der Waals surface area (Å²) in [7, 11) is 0. The molecule has 138 valence electrons. The molecule has 1 aromatic heterocycles. The summed E-state index contributed by atoms with van der Waals surface area (Å²) in [6, 6.07) is 7.39. The van der Waals surface area contributed by atoms with E-state index >= 15 is 0 Å². The molecule has 0 bridgehead atoms. The van der Waals surface area contributed by atoms with E-state index in [0.717, 1.165) is 25.1 Å². The van der Waals surface area contributed by atoms with Crippen LogP contribution < -0.4 is 5.73 Å². The number of likely N-dealkylation sites (tertiary alicyclic amines) is 1. The molecule has 0 spiro atoms. The Morgan fingerprint density at radius 1 is 1.32 bits per heavy atom. The predicted molar refractivity (Wildman–Crippen MR) is 104 cm³/mol. The van der Waals surface area contributed by atoms with Crippen molar-refractivity contribution in [3.05, 3.63) is 41.4 Å². The summed E-state index contributed by atoms with van der Waals surface area (Å²) in [5.74, 6) is 1.86. The third-order valence-electron chi connectivity index (χ3n) is 4.21. The number of hydrogen-bond acceptors (Lipinski definition) is 4. The van der Waals surface area contributed by atoms with E-state index in [2.05, 4.69) is 4.98 Å². The SMILES string of the molecule is Cl.Cl.NCC1CCN(C(=O)CCc2ncc(-c3ccc(Cl)cc3)o2)C1. The Kier molecular flexibility index (Phi) is 8.73. The van der Waals surface area contributed by atoms with E-state index in [4.69, 9.17) is 21.8 Å². The number of nitrogens with two attached hydrogens (primary N) is 1. The fourth-order valence-electron chi connectivity index (χ4n) is 2.80. The number of oxazole rings is 1. The van der Waals surface area contributed by atoms with Crippen molar-refractivity contribution in [1.82, 2.24) is 9.88 Å². The van der Waals surface area contributed by atoms with Crippen LogP contribution in [-0.4, -0.2) is 35.4 Å². The summed E-state index contributed by atoms with van der Waals surface area (Å²) in [4.78, 5) is 18.3. The summed E-state index contributed by atoms with van der Waals surface area (Å²) in [6.45, 7) is 2.23. The number of nitrogens with zero attached hydrogens (tertiary/aromatic N) is 2. The number of carbonyl (C=O) groups excluding carboxylic acids is 1. The Morgan fingerprint density at radius 2 is 2.04 bits per heavy atom. The van der Waals surface area contributed by atoms with Crippen LogP contribution in [-0.2, 0) is 11.2 Å². The van der Waals surface area contributed by atoms with Gasteiger partial charge in [0.05, 0.1) is 6.20 Å². The number of rotatable bonds is 5. The monoisotopic (exact) mass is 405 g/mol. The summed E-state index contributed by atoms with van der Waals surface area (Å²) in [5, 5.41) is 0.681. The van der Waals surface area contributed by atoms with Crippen LogP contribution >= 0.6 is 36.4 Å². The van der Waals surface area contributed by atoms with Gasteiger partial charge in [0.2, 0.25) is 5.91 Å². The molecule has 1 amide bonds. The molecule has 8 heteroatoms. The van der Waals surface area contributed by atoms with E-state index in [1.54, 1.807) is 6.20 Å². The summed E-state index contributed by atoms with van der Waals surface area (Å²) in [5.41, 5.74) is 6.58. The third-order valence-corrected chi connectivity index (χ3v) is 4.46. The van der Waals surface area contributed by atoms with Gasteiger partial charge in [0.25, 0.3) is 0 Å². The van der Waals surface area contributed by atoms with E-state index in [9.17, 15) is 4.79 Å². The fourth-order valence-corrected chi connectivity index (χ4v) is 2.92. The zero-order chi connectivity index (χ0) is 16.2. The average Bonchev–Trinajstić information content (AvgIpc) is 3.22. The molecule has 25 heavy (non-hydrogen) atoms. The lowest BCUT2D eigenvalue weighted by Crippen LogP contribution is -2.30. The maximum atomic E-state index is 12.2. The van der Waals surface area contributed by atoms with Crippen molar-refractivity contribution in [3.8, 4) is 11.3 Å². The van der Waals surface area contributed by atoms with Gasteiger partial charge in [-0.05, 0) is 43.1 Å². The molecule has 1 atom stereocenters. The number of aryl methyl sites for hydroxylation is 1. The van der Waals surface area contributed by atoms with E-state index in [0.29, 0.717) is 42.0 Å². The molecular weight excluding hydrogens is 385 g/mol. The third kappa shape index (κ3) is 5.61. The Bertz CT molecular complexity index is 676. The second-order valence-electron chi connectivity index (χ2n) is 5.86. The lowest BCUT2D eigenvalue weighted by Gasteiger charge is -2.15. The zero-order valence-corrected chi connectivity index (χ0v) is 16.1. The molecule has 1 aliphatic heterocycles. The molecule has 1 saturated heterocycles. The average molecular weight is 407 g/mol. The van der Waals surface area contributed by atoms with Crippen molar-refractivity contribution in [2.45, 2.75) is 19.3 Å². The molecule has 2 aromatic rings. The van der Waals surface area contributed by atoms with Crippen LogP contribution in [0.15, 0.2) is 34.9 Å². The van der Waals surface area contributed by atoms with Crippen molar-refractivity contribution < 1.29 is 9.21 Å². The molecule has 0 saturated carbocycles. The lowest BCUT2D eigenvalue weighted by molar-refractivity contribution is -0.130. The van der Waals surface area contributed by atoms with Gasteiger partial charge in [0.1, 0.15) is 0 Å². The number of amides is 1. The van der Waals surface area contributed by atoms with Crippen LogP contribution in [0, 0.1) is 5.92 Å². The van der Waals surface area contributed by atoms with Gasteiger partial charge in [-0.15, -0.1) is 24.8 Å². The van der Waals surface area contributed by atoms with Crippen molar-refractivity contribution in [3.63, 3.8) is 0 Å². The van der Waals surface area contributed by atoms with Gasteiger partial charge in [-0.3, -0.25) is 4.79 Å². The van der Waals surface area contributed by atoms with E-state index < -0.39 is 0 Å². The minimum absolute atomic E-state index is 0. The van der Waals surface area contributed by atoms with Gasteiger partial charge in [-0.1, -0.05) is 11.6 Å². The van der Waals surface area contributed by atoms with Crippen LogP contribution in [0.4, 0.5) is 0 Å². The molecule has 1 unspecified atom stereocenters. The second-order valence-corrected chi connectivity index (χ2v) is 6.29. The molecular formula is C17H22Cl3N3O2. The van der Waals surface area contributed by atoms with Crippen molar-refractivity contribution in [2.24, 2.45) is 11.7 Å². The lowest BCUT2D eigenvalue weighted by atomic mass is 10.1. The minimum Gasteiger partial charge on any atom is -0.441 e. The van der Waals surface area contributed by atoms with Crippen LogP contribution in [0.25, 0.3) is 11.3 Å². The fraction of sp³-hybridized carbons (Fsp3) is 0.412. The standard InChI is InChI=1S/C17H20ClN3O2.2ClH/c18-14-3-1-13(2-4-14)15-10-20-16(23-15)5-6-17(22)21-8-7-12(9-19)11-21;;/h1-4,10,12H,5-9,11,19H2;2*1H. The Morgan fingerprint density at radius 3 is 2.68 bits per heavy atom. The quantitative estimate of drug-likeness (QED) is 0.823. The van der Waals surface area contributed by atoms with Crippen molar-refractivity contribution >= 4 is 42.3 Å². The van der Waals surface area contributed by atoms with E-state index in [-0.39, 0.29) is 30.7 Å². The zero-order valence-electron chi connectivity index (χ0n) is 13.7. The highest BCUT2D eigenvalue weighted by Crippen LogP contribution is 2.23. The molecule has 2 heterocycles. The first-order valence-electron chi connectivity index (χ1n) is 7.84. The van der Waals surface area contributed by atoms with Crippen LogP contribution in [0.2, 0.25) is 5.02 Å². The molecule has 3 rings (SSSR count). The Labute approximate surface area is 164 Å². The van der Waals surface area contributed by atoms with Gasteiger partial charge in [-0.25, -0.2) is 4.98 Å². The Hall–Kier alpha value is -1.27. The van der Waals surface area contributed by atoms with Gasteiger partial charge in [-0.2, -0.15) is 0 Å². The molecule has 1 aromatic carbocycles. The summed E-state index contributed by atoms with van der Waals surface area (Å²) >= 11 is 5.88. The summed E-state index contributed by atoms with van der Waals surface area (Å²) in [6.07, 6.45) is 3.61. The second kappa shape index (κ2) is 10.0. The molecule has 1 fully saturated rings. The molecule has 0 radical (unpaired) electrons. The maximum Gasteiger partial charge on any atom is 0.223 e. The maximum absolute atomic E-state index is 12.2. The van der Waals surface area contributed by atoms with Gasteiger partial charge in [0.15, 0.2) is 11.7 Å². The van der Waals surface area contributed by atoms with Gasteiger partial charge < -0.3 is 15.1 Å². The van der Waals surface area contributed by atoms with Gasteiger partial charge >= 0.3 is 0 Å². The van der Waals surface area contributed by atoms with Crippen LogP contribution in [0.3, 0.4) is 0 Å². The molecule has 1 aliphatic rings. The van der Waals surface area contributed by atoms with Crippen molar-refractivity contribution in [2.75, 3.05) is 19.6 Å². The van der Waals surface area contributed by atoms with E-state index in [1.165, 1.54) is 0 Å². The molecule has 5 nitrogen and oxygen atoms in total. The number of benzene rings is 1. The van der Waals surface area contributed by atoms with Gasteiger partial charge in [0, 0.05) is 36.5 Å². The normalized spacial score (nSPS) is 16.2. The van der Waals surface area contributed by atoms with Crippen molar-refractivity contribution in [1.29, 1.82) is 0 Å². The number of aromatic nitrogens is 1. The minimum atomic E-state index is 0. The molecule has 2 N–H and O–H groups in total. The topological polar surface area (TPSA) is 72.4 Å². The largest absolute Gasteiger partial charge is 0.441 e. The first-order valence-corrected chi connectivity index (χ1v) is 8.22. The summed E-state index contributed by atoms with van der Waals surface area (Å²) < 4.78 is 5.72.